The second-order valence-electron chi connectivity index (χ2n) is 7.99. The minimum Gasteiger partial charge on any atom is -0.481 e. The molecule has 0 amide bonds. The van der Waals surface area contributed by atoms with Crippen LogP contribution in [0.3, 0.4) is 0 Å². The van der Waals surface area contributed by atoms with Gasteiger partial charge in [-0.15, -0.1) is 0 Å². The van der Waals surface area contributed by atoms with E-state index in [9.17, 15) is 14.9 Å². The van der Waals surface area contributed by atoms with Gasteiger partial charge in [-0.2, -0.15) is 9.78 Å². The Kier molecular flexibility index (Phi) is 6.81. The van der Waals surface area contributed by atoms with Crippen LogP contribution in [0.15, 0.2) is 62.9 Å². The average molecular weight is 586 g/mol. The highest BCUT2D eigenvalue weighted by Crippen LogP contribution is 2.37. The maximum absolute atomic E-state index is 13.1. The molecule has 1 aromatic heterocycles. The largest absolute Gasteiger partial charge is 0.481 e. The molecule has 0 fully saturated rings. The minimum atomic E-state index is -0.586. The molecule has 5 rings (SSSR count). The molecule has 12 heteroatoms. The molecule has 0 saturated carbocycles. The van der Waals surface area contributed by atoms with Gasteiger partial charge in [0.2, 0.25) is 12.5 Å². The van der Waals surface area contributed by atoms with Gasteiger partial charge < -0.3 is 14.2 Å². The number of halogens is 2. The summed E-state index contributed by atoms with van der Waals surface area (Å²) in [5.41, 5.74) is 0.902. The number of nitro benzene ring substituents is 1. The third-order valence-electron chi connectivity index (χ3n) is 5.58. The number of hydrogen-bond donors (Lipinski definition) is 0. The zero-order valence-electron chi connectivity index (χ0n) is 19.3. The van der Waals surface area contributed by atoms with Crippen molar-refractivity contribution in [1.82, 2.24) is 9.66 Å². The van der Waals surface area contributed by atoms with E-state index in [1.807, 2.05) is 6.92 Å². The van der Waals surface area contributed by atoms with Crippen LogP contribution in [0, 0.1) is 10.1 Å². The molecule has 0 radical (unpaired) electrons. The first kappa shape index (κ1) is 24.7. The van der Waals surface area contributed by atoms with Gasteiger partial charge in [0.25, 0.3) is 5.56 Å². The Hall–Kier alpha value is -3.96. The van der Waals surface area contributed by atoms with Crippen molar-refractivity contribution in [3.63, 3.8) is 0 Å². The number of rotatable bonds is 7. The van der Waals surface area contributed by atoms with Gasteiger partial charge in [0, 0.05) is 22.5 Å². The standard InChI is InChI=1S/C25H18BrClN4O6/c1-2-23-29-19-5-4-16(26)10-17(19)25(32)30(23)28-11-15-7-18(27)24(20(8-15)31(33)34)35-12-14-3-6-21-22(9-14)37-13-36-21/h3-11H,2,12-13H2,1H3. The van der Waals surface area contributed by atoms with Crippen molar-refractivity contribution < 1.29 is 19.1 Å². The first-order valence-electron chi connectivity index (χ1n) is 11.1. The summed E-state index contributed by atoms with van der Waals surface area (Å²) >= 11 is 9.75. The van der Waals surface area contributed by atoms with Gasteiger partial charge >= 0.3 is 5.69 Å². The van der Waals surface area contributed by atoms with Crippen molar-refractivity contribution in [2.45, 2.75) is 20.0 Å². The molecule has 1 aliphatic rings. The summed E-state index contributed by atoms with van der Waals surface area (Å²) in [4.78, 5) is 28.8. The fourth-order valence-electron chi connectivity index (χ4n) is 3.81. The zero-order valence-corrected chi connectivity index (χ0v) is 21.7. The highest BCUT2D eigenvalue weighted by Gasteiger charge is 2.21. The predicted molar refractivity (Wildman–Crippen MR) is 141 cm³/mol. The van der Waals surface area contributed by atoms with Gasteiger partial charge in [0.15, 0.2) is 11.5 Å². The van der Waals surface area contributed by atoms with Crippen molar-refractivity contribution >= 4 is 50.3 Å². The van der Waals surface area contributed by atoms with Crippen molar-refractivity contribution in [3.8, 4) is 17.2 Å². The van der Waals surface area contributed by atoms with Crippen LogP contribution in [-0.4, -0.2) is 27.6 Å². The molecule has 3 aromatic carbocycles. The van der Waals surface area contributed by atoms with E-state index in [2.05, 4.69) is 26.0 Å². The van der Waals surface area contributed by atoms with Crippen LogP contribution >= 0.6 is 27.5 Å². The molecular weight excluding hydrogens is 568 g/mol. The molecule has 188 valence electrons. The lowest BCUT2D eigenvalue weighted by Crippen LogP contribution is -2.22. The summed E-state index contributed by atoms with van der Waals surface area (Å²) in [7, 11) is 0. The lowest BCUT2D eigenvalue weighted by Gasteiger charge is -2.10. The minimum absolute atomic E-state index is 0.0260. The van der Waals surface area contributed by atoms with Crippen LogP contribution < -0.4 is 19.8 Å². The number of benzene rings is 3. The van der Waals surface area contributed by atoms with Crippen LogP contribution in [0.4, 0.5) is 5.69 Å². The molecule has 0 bridgehead atoms. The average Bonchev–Trinajstić information content (AvgIpc) is 3.35. The zero-order chi connectivity index (χ0) is 26.1. The maximum atomic E-state index is 13.1. The van der Waals surface area contributed by atoms with E-state index in [1.165, 1.54) is 23.0 Å². The van der Waals surface area contributed by atoms with E-state index < -0.39 is 4.92 Å². The molecule has 10 nitrogen and oxygen atoms in total. The van der Waals surface area contributed by atoms with E-state index in [-0.39, 0.29) is 35.4 Å². The molecule has 0 N–H and O–H groups in total. The van der Waals surface area contributed by atoms with E-state index in [4.69, 9.17) is 25.8 Å². The summed E-state index contributed by atoms with van der Waals surface area (Å²) in [6.45, 7) is 2.02. The van der Waals surface area contributed by atoms with E-state index in [0.717, 1.165) is 10.0 Å². The molecule has 0 spiro atoms. The van der Waals surface area contributed by atoms with Gasteiger partial charge in [-0.25, -0.2) is 4.98 Å². The van der Waals surface area contributed by atoms with Crippen LogP contribution in [0.2, 0.25) is 5.02 Å². The fourth-order valence-corrected chi connectivity index (χ4v) is 4.44. The van der Waals surface area contributed by atoms with Gasteiger partial charge in [-0.1, -0.05) is 40.5 Å². The van der Waals surface area contributed by atoms with Gasteiger partial charge in [0.1, 0.15) is 12.4 Å². The fraction of sp³-hybridized carbons (Fsp3) is 0.160. The predicted octanol–water partition coefficient (Wildman–Crippen LogP) is 5.47. The molecule has 0 unspecified atom stereocenters. The lowest BCUT2D eigenvalue weighted by molar-refractivity contribution is -0.385. The van der Waals surface area contributed by atoms with Gasteiger partial charge in [-0.05, 0) is 42.0 Å². The Labute approximate surface area is 223 Å². The molecule has 37 heavy (non-hydrogen) atoms. The van der Waals surface area contributed by atoms with Crippen LogP contribution in [0.5, 0.6) is 17.2 Å². The highest BCUT2D eigenvalue weighted by molar-refractivity contribution is 9.10. The van der Waals surface area contributed by atoms with Crippen LogP contribution in [0.1, 0.15) is 23.9 Å². The number of ether oxygens (including phenoxy) is 3. The van der Waals surface area contributed by atoms with Crippen molar-refractivity contribution in [2.75, 3.05) is 6.79 Å². The number of aromatic nitrogens is 2. The maximum Gasteiger partial charge on any atom is 0.313 e. The SMILES string of the molecule is CCc1nc2ccc(Br)cc2c(=O)n1N=Cc1cc(Cl)c(OCc2ccc3c(c2)OCO3)c([N+](=O)[O-])c1. The number of hydrogen-bond acceptors (Lipinski definition) is 8. The third kappa shape index (κ3) is 5.00. The molecule has 0 atom stereocenters. The summed E-state index contributed by atoms with van der Waals surface area (Å²) < 4.78 is 18.3. The summed E-state index contributed by atoms with van der Waals surface area (Å²) in [6, 6.07) is 13.2. The quantitative estimate of drug-likeness (QED) is 0.160. The number of fused-ring (bicyclic) bond motifs is 2. The van der Waals surface area contributed by atoms with Crippen LogP contribution in [-0.2, 0) is 13.0 Å². The molecule has 0 aliphatic carbocycles. The van der Waals surface area contributed by atoms with E-state index >= 15 is 0 Å². The normalized spacial score (nSPS) is 12.4. The first-order valence-corrected chi connectivity index (χ1v) is 12.3. The molecule has 2 heterocycles. The van der Waals surface area contributed by atoms with Gasteiger partial charge in [-0.3, -0.25) is 14.9 Å². The van der Waals surface area contributed by atoms with Crippen LogP contribution in [0.25, 0.3) is 10.9 Å². The van der Waals surface area contributed by atoms with Crippen molar-refractivity contribution in [2.24, 2.45) is 5.10 Å². The number of nitro groups is 1. The Balaban J connectivity index is 1.46. The van der Waals surface area contributed by atoms with Crippen molar-refractivity contribution in [1.29, 1.82) is 0 Å². The van der Waals surface area contributed by atoms with E-state index in [0.29, 0.717) is 40.2 Å². The lowest BCUT2D eigenvalue weighted by atomic mass is 10.2. The highest BCUT2D eigenvalue weighted by atomic mass is 79.9. The summed E-state index contributed by atoms with van der Waals surface area (Å²) in [5, 5.41) is 16.5. The molecular formula is C25H18BrClN4O6. The molecule has 0 saturated heterocycles. The topological polar surface area (TPSA) is 118 Å². The Morgan fingerprint density at radius 2 is 2.03 bits per heavy atom. The van der Waals surface area contributed by atoms with Gasteiger partial charge in [0.05, 0.1) is 27.1 Å². The first-order chi connectivity index (χ1) is 17.8. The third-order valence-corrected chi connectivity index (χ3v) is 6.35. The Morgan fingerprint density at radius 3 is 2.81 bits per heavy atom. The van der Waals surface area contributed by atoms with E-state index in [1.54, 1.807) is 36.4 Å². The number of aryl methyl sites for hydroxylation is 1. The molecule has 1 aliphatic heterocycles. The second-order valence-corrected chi connectivity index (χ2v) is 9.31. The number of nitrogens with zero attached hydrogens (tertiary/aromatic N) is 4. The Bertz CT molecular complexity index is 1640. The summed E-state index contributed by atoms with van der Waals surface area (Å²) in [5.74, 6) is 1.56. The smallest absolute Gasteiger partial charge is 0.313 e. The monoisotopic (exact) mass is 584 g/mol. The summed E-state index contributed by atoms with van der Waals surface area (Å²) in [6.07, 6.45) is 1.78. The second kappa shape index (κ2) is 10.2. The van der Waals surface area contributed by atoms with Crippen molar-refractivity contribution in [3.05, 3.63) is 95.4 Å². The Morgan fingerprint density at radius 1 is 1.22 bits per heavy atom. The molecule has 4 aromatic rings.